The van der Waals surface area contributed by atoms with Crippen molar-refractivity contribution < 1.29 is 4.39 Å². The summed E-state index contributed by atoms with van der Waals surface area (Å²) in [6, 6.07) is 7.68. The Balaban J connectivity index is 1.63. The van der Waals surface area contributed by atoms with Crippen LogP contribution in [-0.4, -0.2) is 35.2 Å². The van der Waals surface area contributed by atoms with E-state index in [2.05, 4.69) is 26.1 Å². The number of aromatic amines is 1. The summed E-state index contributed by atoms with van der Waals surface area (Å²) in [5, 5.41) is 7.16. The molecule has 0 radical (unpaired) electrons. The van der Waals surface area contributed by atoms with Crippen molar-refractivity contribution in [3.63, 3.8) is 0 Å². The first kappa shape index (κ1) is 16.0. The van der Waals surface area contributed by atoms with Crippen LogP contribution in [-0.2, 0) is 13.1 Å². The fourth-order valence-electron chi connectivity index (χ4n) is 3.19. The van der Waals surface area contributed by atoms with Crippen LogP contribution in [0.25, 0.3) is 0 Å². The topological polar surface area (TPSA) is 35.2 Å². The van der Waals surface area contributed by atoms with E-state index in [1.165, 1.54) is 19.3 Å². The van der Waals surface area contributed by atoms with Crippen LogP contribution in [0.5, 0.6) is 0 Å². The Hall–Kier alpha value is -1.88. The first-order valence-corrected chi connectivity index (χ1v) is 8.34. The van der Waals surface area contributed by atoms with E-state index in [1.807, 2.05) is 26.1 Å². The van der Waals surface area contributed by atoms with Crippen molar-refractivity contribution in [2.75, 3.05) is 25.0 Å². The van der Waals surface area contributed by atoms with Crippen LogP contribution in [0.1, 0.15) is 36.2 Å². The maximum absolute atomic E-state index is 14.4. The predicted octanol–water partition coefficient (Wildman–Crippen LogP) is 3.48. The Morgan fingerprint density at radius 2 is 1.96 bits per heavy atom. The highest BCUT2D eigenvalue weighted by atomic mass is 19.1. The lowest BCUT2D eigenvalue weighted by atomic mass is 10.1. The third-order valence-electron chi connectivity index (χ3n) is 4.39. The Labute approximate surface area is 137 Å². The standard InChI is InChI=1S/C18H25FN4/c1-14-10-16(21-20-14)13-22(2)12-15-6-7-17(11-18(15)19)23-8-4-3-5-9-23/h6-7,10-11H,3-5,8-9,12-13H2,1-2H3,(H,20,21). The SMILES string of the molecule is Cc1cc(CN(C)Cc2ccc(N3CCCCC3)cc2F)n[nH]1. The number of nitrogens with one attached hydrogen (secondary N) is 1. The predicted molar refractivity (Wildman–Crippen MR) is 91.0 cm³/mol. The largest absolute Gasteiger partial charge is 0.371 e. The fraction of sp³-hybridized carbons (Fsp3) is 0.500. The Morgan fingerprint density at radius 3 is 2.61 bits per heavy atom. The summed E-state index contributed by atoms with van der Waals surface area (Å²) in [5.74, 6) is -0.113. The second kappa shape index (κ2) is 7.13. The lowest BCUT2D eigenvalue weighted by Crippen LogP contribution is -2.29. The molecule has 1 fully saturated rings. The van der Waals surface area contributed by atoms with Gasteiger partial charge in [0.25, 0.3) is 0 Å². The summed E-state index contributed by atoms with van der Waals surface area (Å²) < 4.78 is 14.4. The minimum atomic E-state index is -0.113. The zero-order chi connectivity index (χ0) is 16.2. The number of anilines is 1. The lowest BCUT2D eigenvalue weighted by molar-refractivity contribution is 0.309. The van der Waals surface area contributed by atoms with Gasteiger partial charge in [0, 0.05) is 43.1 Å². The highest BCUT2D eigenvalue weighted by Crippen LogP contribution is 2.23. The second-order valence-electron chi connectivity index (χ2n) is 6.54. The molecule has 0 unspecified atom stereocenters. The van der Waals surface area contributed by atoms with Gasteiger partial charge in [0.1, 0.15) is 5.82 Å². The number of aromatic nitrogens is 2. The number of nitrogens with zero attached hydrogens (tertiary/aromatic N) is 3. The average Bonchev–Trinajstić information content (AvgIpc) is 2.95. The van der Waals surface area contributed by atoms with E-state index in [-0.39, 0.29) is 5.82 Å². The number of halogens is 1. The molecule has 23 heavy (non-hydrogen) atoms. The van der Waals surface area contributed by atoms with Crippen LogP contribution in [0.3, 0.4) is 0 Å². The highest BCUT2D eigenvalue weighted by Gasteiger charge is 2.14. The summed E-state index contributed by atoms with van der Waals surface area (Å²) in [5.41, 5.74) is 3.78. The summed E-state index contributed by atoms with van der Waals surface area (Å²) in [6.45, 7) is 5.35. The zero-order valence-corrected chi connectivity index (χ0v) is 14.0. The van der Waals surface area contributed by atoms with Crippen molar-refractivity contribution in [3.8, 4) is 0 Å². The number of piperidine rings is 1. The molecule has 1 aromatic heterocycles. The van der Waals surface area contributed by atoms with Gasteiger partial charge in [0.2, 0.25) is 0 Å². The molecule has 0 spiro atoms. The van der Waals surface area contributed by atoms with Gasteiger partial charge in [-0.3, -0.25) is 10.00 Å². The van der Waals surface area contributed by atoms with Gasteiger partial charge in [0.05, 0.1) is 5.69 Å². The average molecular weight is 316 g/mol. The van der Waals surface area contributed by atoms with Crippen LogP contribution in [0.4, 0.5) is 10.1 Å². The van der Waals surface area contributed by atoms with Gasteiger partial charge in [-0.1, -0.05) is 6.07 Å². The van der Waals surface area contributed by atoms with Gasteiger partial charge in [0.15, 0.2) is 0 Å². The Bertz CT molecular complexity index is 646. The molecule has 124 valence electrons. The summed E-state index contributed by atoms with van der Waals surface area (Å²) in [4.78, 5) is 4.36. The van der Waals surface area contributed by atoms with Crippen molar-refractivity contribution in [3.05, 3.63) is 47.0 Å². The third kappa shape index (κ3) is 4.10. The van der Waals surface area contributed by atoms with Gasteiger partial charge in [-0.15, -0.1) is 0 Å². The molecule has 1 aromatic carbocycles. The van der Waals surface area contributed by atoms with E-state index in [0.717, 1.165) is 35.7 Å². The maximum Gasteiger partial charge on any atom is 0.129 e. The molecule has 2 heterocycles. The van der Waals surface area contributed by atoms with Gasteiger partial charge in [-0.2, -0.15) is 5.10 Å². The lowest BCUT2D eigenvalue weighted by Gasteiger charge is -2.29. The summed E-state index contributed by atoms with van der Waals surface area (Å²) >= 11 is 0. The molecule has 5 heteroatoms. The van der Waals surface area contributed by atoms with Crippen LogP contribution < -0.4 is 4.90 Å². The molecule has 1 N–H and O–H groups in total. The summed E-state index contributed by atoms with van der Waals surface area (Å²) in [7, 11) is 1.99. The van der Waals surface area contributed by atoms with Crippen LogP contribution in [0, 0.1) is 12.7 Å². The Kier molecular flexibility index (Phi) is 4.96. The van der Waals surface area contributed by atoms with Crippen LogP contribution in [0.15, 0.2) is 24.3 Å². The molecule has 0 saturated carbocycles. The van der Waals surface area contributed by atoms with E-state index < -0.39 is 0 Å². The number of hydrogen-bond acceptors (Lipinski definition) is 3. The van der Waals surface area contributed by atoms with E-state index in [1.54, 1.807) is 6.07 Å². The van der Waals surface area contributed by atoms with E-state index in [9.17, 15) is 4.39 Å². The molecule has 1 aliphatic rings. The second-order valence-corrected chi connectivity index (χ2v) is 6.54. The molecular weight excluding hydrogens is 291 g/mol. The molecule has 2 aromatic rings. The first-order valence-electron chi connectivity index (χ1n) is 8.34. The van der Waals surface area contributed by atoms with E-state index in [4.69, 9.17) is 0 Å². The molecule has 0 amide bonds. The van der Waals surface area contributed by atoms with E-state index >= 15 is 0 Å². The number of hydrogen-bond donors (Lipinski definition) is 1. The summed E-state index contributed by atoms with van der Waals surface area (Å²) in [6.07, 6.45) is 3.69. The smallest absolute Gasteiger partial charge is 0.129 e. The molecule has 3 rings (SSSR count). The third-order valence-corrected chi connectivity index (χ3v) is 4.39. The van der Waals surface area contributed by atoms with Crippen molar-refractivity contribution in [1.29, 1.82) is 0 Å². The quantitative estimate of drug-likeness (QED) is 0.917. The normalized spacial score (nSPS) is 15.4. The van der Waals surface area contributed by atoms with E-state index in [0.29, 0.717) is 13.1 Å². The van der Waals surface area contributed by atoms with Crippen LogP contribution >= 0.6 is 0 Å². The van der Waals surface area contributed by atoms with Crippen LogP contribution in [0.2, 0.25) is 0 Å². The Morgan fingerprint density at radius 1 is 1.17 bits per heavy atom. The molecule has 0 bridgehead atoms. The van der Waals surface area contributed by atoms with Gasteiger partial charge in [-0.25, -0.2) is 4.39 Å². The number of benzene rings is 1. The minimum Gasteiger partial charge on any atom is -0.371 e. The maximum atomic E-state index is 14.4. The number of aryl methyl sites for hydroxylation is 1. The first-order chi connectivity index (χ1) is 11.1. The monoisotopic (exact) mass is 316 g/mol. The molecular formula is C18H25FN4. The molecule has 0 atom stereocenters. The molecule has 1 aliphatic heterocycles. The fourth-order valence-corrected chi connectivity index (χ4v) is 3.19. The van der Waals surface area contributed by atoms with Crippen molar-refractivity contribution in [1.82, 2.24) is 15.1 Å². The highest BCUT2D eigenvalue weighted by molar-refractivity contribution is 5.48. The van der Waals surface area contributed by atoms with Gasteiger partial charge >= 0.3 is 0 Å². The molecule has 0 aliphatic carbocycles. The molecule has 4 nitrogen and oxygen atoms in total. The van der Waals surface area contributed by atoms with Crippen molar-refractivity contribution in [2.45, 2.75) is 39.3 Å². The van der Waals surface area contributed by atoms with Crippen molar-refractivity contribution >= 4 is 5.69 Å². The minimum absolute atomic E-state index is 0.113. The van der Waals surface area contributed by atoms with Gasteiger partial charge in [-0.05, 0) is 51.4 Å². The number of rotatable bonds is 5. The van der Waals surface area contributed by atoms with Crippen molar-refractivity contribution in [2.24, 2.45) is 0 Å². The van der Waals surface area contributed by atoms with Gasteiger partial charge < -0.3 is 4.90 Å². The zero-order valence-electron chi connectivity index (χ0n) is 14.0. The molecule has 1 saturated heterocycles. The number of H-pyrrole nitrogens is 1.